The van der Waals surface area contributed by atoms with Crippen molar-refractivity contribution in [3.05, 3.63) is 58.5 Å². The van der Waals surface area contributed by atoms with Gasteiger partial charge in [0.05, 0.1) is 12.0 Å². The lowest BCUT2D eigenvalue weighted by molar-refractivity contribution is -0.116. The van der Waals surface area contributed by atoms with Gasteiger partial charge in [-0.05, 0) is 36.8 Å². The summed E-state index contributed by atoms with van der Waals surface area (Å²) in [6.45, 7) is 2.04. The molecule has 1 aromatic carbocycles. The number of carbonyl (C=O) groups is 2. The molecule has 150 valence electrons. The number of carbonyl (C=O) groups excluding carboxylic acids is 2. The number of aryl methyl sites for hydroxylation is 1. The molecule has 0 fully saturated rings. The largest absolute Gasteiger partial charge is 0.459 e. The van der Waals surface area contributed by atoms with Crippen LogP contribution in [0.5, 0.6) is 11.5 Å². The van der Waals surface area contributed by atoms with E-state index in [1.807, 2.05) is 25.1 Å². The monoisotopic (exact) mass is 413 g/mol. The number of aromatic nitrogens is 1. The fourth-order valence-electron chi connectivity index (χ4n) is 2.92. The third-order valence-electron chi connectivity index (χ3n) is 4.40. The molecule has 0 spiro atoms. The minimum atomic E-state index is -0.357. The van der Waals surface area contributed by atoms with E-state index in [4.69, 9.17) is 13.9 Å². The number of hydrogen-bond donors (Lipinski definition) is 1. The number of nitrogens with one attached hydrogen (secondary N) is 1. The number of benzene rings is 1. The van der Waals surface area contributed by atoms with Gasteiger partial charge in [-0.3, -0.25) is 9.59 Å². The predicted molar refractivity (Wildman–Crippen MR) is 107 cm³/mol. The van der Waals surface area contributed by atoms with Gasteiger partial charge in [0.25, 0.3) is 5.91 Å². The molecular formula is C20H19N3O5S. The van der Waals surface area contributed by atoms with Gasteiger partial charge in [0.1, 0.15) is 6.54 Å². The molecule has 0 saturated carbocycles. The minimum absolute atomic E-state index is 0.102. The van der Waals surface area contributed by atoms with Crippen molar-refractivity contribution in [2.75, 3.05) is 25.7 Å². The smallest absolute Gasteiger partial charge is 0.289 e. The molecule has 0 atom stereocenters. The molecular weight excluding hydrogens is 394 g/mol. The van der Waals surface area contributed by atoms with E-state index in [2.05, 4.69) is 10.3 Å². The minimum Gasteiger partial charge on any atom is -0.459 e. The van der Waals surface area contributed by atoms with Gasteiger partial charge in [-0.25, -0.2) is 4.98 Å². The maximum Gasteiger partial charge on any atom is 0.289 e. The number of ether oxygens (including phenoxy) is 2. The van der Waals surface area contributed by atoms with E-state index in [0.29, 0.717) is 11.6 Å². The van der Waals surface area contributed by atoms with Crippen molar-refractivity contribution in [1.82, 2.24) is 9.88 Å². The lowest BCUT2D eigenvalue weighted by atomic mass is 10.1. The fraction of sp³-hybridized carbons (Fsp3) is 0.250. The van der Waals surface area contributed by atoms with E-state index < -0.39 is 0 Å². The fourth-order valence-corrected chi connectivity index (χ4v) is 3.93. The Morgan fingerprint density at radius 2 is 2.07 bits per heavy atom. The summed E-state index contributed by atoms with van der Waals surface area (Å²) in [5.41, 5.74) is 1.92. The van der Waals surface area contributed by atoms with Gasteiger partial charge in [-0.2, -0.15) is 0 Å². The molecule has 0 saturated heterocycles. The highest BCUT2D eigenvalue weighted by Crippen LogP contribution is 2.34. The number of thiazole rings is 1. The maximum absolute atomic E-state index is 12.3. The van der Waals surface area contributed by atoms with Crippen LogP contribution in [0.1, 0.15) is 26.7 Å². The van der Waals surface area contributed by atoms with Crippen molar-refractivity contribution in [3.63, 3.8) is 0 Å². The number of fused-ring (bicyclic) bond motifs is 1. The molecule has 0 bridgehead atoms. The maximum atomic E-state index is 12.3. The zero-order valence-corrected chi connectivity index (χ0v) is 16.7. The van der Waals surface area contributed by atoms with Crippen molar-refractivity contribution in [3.8, 4) is 11.5 Å². The number of rotatable bonds is 6. The Hall–Kier alpha value is -3.33. The second-order valence-corrected chi connectivity index (χ2v) is 7.66. The van der Waals surface area contributed by atoms with Crippen LogP contribution in [0.3, 0.4) is 0 Å². The predicted octanol–water partition coefficient (Wildman–Crippen LogP) is 3.07. The molecule has 2 aromatic heterocycles. The SMILES string of the molecule is Cc1nc(NC(=O)CN(C)C(=O)c2ccco2)sc1Cc1ccc2c(c1)OCO2. The van der Waals surface area contributed by atoms with Gasteiger partial charge in [0.15, 0.2) is 22.4 Å². The Kier molecular flexibility index (Phi) is 5.22. The van der Waals surface area contributed by atoms with Gasteiger partial charge in [0, 0.05) is 18.3 Å². The molecule has 0 unspecified atom stereocenters. The zero-order valence-electron chi connectivity index (χ0n) is 15.9. The highest BCUT2D eigenvalue weighted by molar-refractivity contribution is 7.15. The molecule has 4 rings (SSSR count). The van der Waals surface area contributed by atoms with Crippen LogP contribution < -0.4 is 14.8 Å². The molecule has 1 aliphatic heterocycles. The van der Waals surface area contributed by atoms with Crippen LogP contribution in [0.4, 0.5) is 5.13 Å². The molecule has 1 N–H and O–H groups in total. The van der Waals surface area contributed by atoms with E-state index >= 15 is 0 Å². The van der Waals surface area contributed by atoms with Crippen LogP contribution in [-0.4, -0.2) is 42.1 Å². The van der Waals surface area contributed by atoms with E-state index in [1.54, 1.807) is 19.2 Å². The molecule has 29 heavy (non-hydrogen) atoms. The molecule has 0 aliphatic carbocycles. The topological polar surface area (TPSA) is 93.9 Å². The highest BCUT2D eigenvalue weighted by atomic mass is 32.1. The third-order valence-corrected chi connectivity index (χ3v) is 5.47. The Morgan fingerprint density at radius 1 is 1.24 bits per heavy atom. The van der Waals surface area contributed by atoms with E-state index in [9.17, 15) is 9.59 Å². The Morgan fingerprint density at radius 3 is 2.86 bits per heavy atom. The first-order valence-corrected chi connectivity index (χ1v) is 9.75. The first-order chi connectivity index (χ1) is 14.0. The lowest BCUT2D eigenvalue weighted by Gasteiger charge is -2.14. The summed E-state index contributed by atoms with van der Waals surface area (Å²) in [6, 6.07) is 9.02. The molecule has 9 heteroatoms. The van der Waals surface area contributed by atoms with Gasteiger partial charge in [-0.1, -0.05) is 6.07 Å². The number of anilines is 1. The summed E-state index contributed by atoms with van der Waals surface area (Å²) in [5.74, 6) is 0.995. The number of amides is 2. The molecule has 8 nitrogen and oxygen atoms in total. The molecule has 0 radical (unpaired) electrons. The zero-order chi connectivity index (χ0) is 20.4. The number of hydrogen-bond acceptors (Lipinski definition) is 7. The lowest BCUT2D eigenvalue weighted by Crippen LogP contribution is -2.34. The number of furan rings is 1. The van der Waals surface area contributed by atoms with Crippen LogP contribution in [0, 0.1) is 6.92 Å². The number of nitrogens with zero attached hydrogens (tertiary/aromatic N) is 2. The Balaban J connectivity index is 1.37. The molecule has 3 heterocycles. The van der Waals surface area contributed by atoms with Crippen LogP contribution in [0.25, 0.3) is 0 Å². The summed E-state index contributed by atoms with van der Waals surface area (Å²) >= 11 is 1.41. The van der Waals surface area contributed by atoms with Gasteiger partial charge in [-0.15, -0.1) is 11.3 Å². The van der Waals surface area contributed by atoms with E-state index in [-0.39, 0.29) is 30.9 Å². The first kappa shape index (κ1) is 19.0. The van der Waals surface area contributed by atoms with Crippen molar-refractivity contribution in [1.29, 1.82) is 0 Å². The van der Waals surface area contributed by atoms with Crippen LogP contribution >= 0.6 is 11.3 Å². The highest BCUT2D eigenvalue weighted by Gasteiger charge is 2.19. The summed E-state index contributed by atoms with van der Waals surface area (Å²) in [4.78, 5) is 31.2. The summed E-state index contributed by atoms with van der Waals surface area (Å²) in [6.07, 6.45) is 2.09. The van der Waals surface area contributed by atoms with Gasteiger partial charge < -0.3 is 24.1 Å². The summed E-state index contributed by atoms with van der Waals surface area (Å²) in [7, 11) is 1.54. The normalized spacial score (nSPS) is 12.1. The Bertz CT molecular complexity index is 1040. The Labute approximate surface area is 171 Å². The van der Waals surface area contributed by atoms with Crippen molar-refractivity contribution in [2.45, 2.75) is 13.3 Å². The van der Waals surface area contributed by atoms with Gasteiger partial charge in [0.2, 0.25) is 12.7 Å². The average molecular weight is 413 g/mol. The molecule has 2 amide bonds. The van der Waals surface area contributed by atoms with E-state index in [1.165, 1.54) is 22.5 Å². The number of likely N-dealkylation sites (N-methyl/N-ethyl adjacent to an activating group) is 1. The summed E-state index contributed by atoms with van der Waals surface area (Å²) < 4.78 is 15.8. The van der Waals surface area contributed by atoms with Crippen LogP contribution in [0.2, 0.25) is 0 Å². The van der Waals surface area contributed by atoms with Crippen molar-refractivity contribution in [2.24, 2.45) is 0 Å². The second kappa shape index (κ2) is 7.96. The standard InChI is InChI=1S/C20H19N3O5S/c1-12-17(9-13-5-6-14-16(8-13)28-11-27-14)29-20(21-12)22-18(24)10-23(2)19(25)15-4-3-7-26-15/h3-8H,9-11H2,1-2H3,(H,21,22,24). The van der Waals surface area contributed by atoms with Gasteiger partial charge >= 0.3 is 0 Å². The first-order valence-electron chi connectivity index (χ1n) is 8.93. The van der Waals surface area contributed by atoms with Crippen molar-refractivity contribution < 1.29 is 23.5 Å². The third kappa shape index (κ3) is 4.24. The average Bonchev–Trinajstić information content (AvgIpc) is 3.43. The van der Waals surface area contributed by atoms with Crippen molar-refractivity contribution >= 4 is 28.3 Å². The quantitative estimate of drug-likeness (QED) is 0.668. The molecule has 1 aliphatic rings. The second-order valence-electron chi connectivity index (χ2n) is 6.58. The summed E-state index contributed by atoms with van der Waals surface area (Å²) in [5, 5.41) is 3.26. The van der Waals surface area contributed by atoms with Crippen LogP contribution in [-0.2, 0) is 11.2 Å². The molecule has 3 aromatic rings. The van der Waals surface area contributed by atoms with Crippen LogP contribution in [0.15, 0.2) is 41.0 Å². The van der Waals surface area contributed by atoms with E-state index in [0.717, 1.165) is 27.6 Å².